The van der Waals surface area contributed by atoms with E-state index in [2.05, 4.69) is 4.98 Å². The molecule has 0 saturated heterocycles. The van der Waals surface area contributed by atoms with E-state index < -0.39 is 5.60 Å². The normalized spacial score (nSPS) is 11.4. The monoisotopic (exact) mass is 215 g/mol. The Morgan fingerprint density at radius 3 is 2.86 bits per heavy atom. The van der Waals surface area contributed by atoms with Gasteiger partial charge in [0.2, 0.25) is 0 Å². The lowest BCUT2D eigenvalue weighted by Gasteiger charge is -2.17. The summed E-state index contributed by atoms with van der Waals surface area (Å²) in [5, 5.41) is 9.79. The molecule has 0 radical (unpaired) electrons. The highest BCUT2D eigenvalue weighted by Crippen LogP contribution is 2.21. The molecule has 0 bridgehead atoms. The highest BCUT2D eigenvalue weighted by Gasteiger charge is 2.12. The zero-order valence-corrected chi connectivity index (χ0v) is 9.08. The van der Waals surface area contributed by atoms with Gasteiger partial charge in [0.15, 0.2) is 10.9 Å². The lowest BCUT2D eigenvalue weighted by Crippen LogP contribution is -2.21. The zero-order chi connectivity index (χ0) is 10.6. The molecule has 0 amide bonds. The Labute approximate surface area is 88.7 Å². The number of hydrogen-bond donors (Lipinski definition) is 1. The van der Waals surface area contributed by atoms with E-state index in [0.717, 1.165) is 0 Å². The number of nitrogens with zero attached hydrogens (tertiary/aromatic N) is 1. The number of ether oxygens (including phenoxy) is 1. The fraction of sp³-hybridized carbons (Fsp3) is 0.500. The summed E-state index contributed by atoms with van der Waals surface area (Å²) < 4.78 is 5.36. The van der Waals surface area contributed by atoms with Crippen molar-refractivity contribution in [3.05, 3.63) is 23.5 Å². The summed E-state index contributed by atoms with van der Waals surface area (Å²) in [6, 6.07) is 3.50. The van der Waals surface area contributed by atoms with E-state index >= 15 is 0 Å². The van der Waals surface area contributed by atoms with Crippen LogP contribution in [-0.4, -0.2) is 22.3 Å². The van der Waals surface area contributed by atoms with Crippen LogP contribution in [0.5, 0.6) is 5.75 Å². The molecule has 14 heavy (non-hydrogen) atoms. The van der Waals surface area contributed by atoms with Crippen LogP contribution < -0.4 is 4.74 Å². The van der Waals surface area contributed by atoms with Crippen LogP contribution >= 0.6 is 11.6 Å². The molecule has 1 heterocycles. The molecule has 0 aliphatic heterocycles. The largest absolute Gasteiger partial charge is 0.490 e. The van der Waals surface area contributed by atoms with Crippen LogP contribution in [0, 0.1) is 0 Å². The number of rotatable bonds is 4. The molecule has 1 rings (SSSR count). The number of halogens is 1. The first-order valence-corrected chi connectivity index (χ1v) is 4.82. The summed E-state index contributed by atoms with van der Waals surface area (Å²) in [4.78, 5) is 3.87. The smallest absolute Gasteiger partial charge is 0.171 e. The minimum absolute atomic E-state index is 0.350. The molecule has 0 spiro atoms. The van der Waals surface area contributed by atoms with Crippen LogP contribution in [0.3, 0.4) is 0 Å². The Hall–Kier alpha value is -0.800. The predicted octanol–water partition coefficient (Wildman–Crippen LogP) is 2.27. The van der Waals surface area contributed by atoms with Crippen molar-refractivity contribution in [3.63, 3.8) is 0 Å². The van der Waals surface area contributed by atoms with E-state index in [-0.39, 0.29) is 0 Å². The van der Waals surface area contributed by atoms with Gasteiger partial charge in [0.25, 0.3) is 0 Å². The highest BCUT2D eigenvalue weighted by atomic mass is 35.5. The summed E-state index contributed by atoms with van der Waals surface area (Å²) >= 11 is 5.78. The molecule has 78 valence electrons. The van der Waals surface area contributed by atoms with E-state index in [9.17, 15) is 5.11 Å². The standard InChI is InChI=1S/C10H14ClNO2/c1-10(2,13)5-7-14-8-4-3-6-12-9(8)11/h3-4,6,13H,5,7H2,1-2H3. The van der Waals surface area contributed by atoms with Crippen molar-refractivity contribution >= 4 is 11.6 Å². The molecule has 0 saturated carbocycles. The fourth-order valence-corrected chi connectivity index (χ4v) is 1.06. The third kappa shape index (κ3) is 3.94. The van der Waals surface area contributed by atoms with Gasteiger partial charge in [-0.1, -0.05) is 11.6 Å². The molecule has 0 fully saturated rings. The second kappa shape index (κ2) is 4.62. The topological polar surface area (TPSA) is 42.4 Å². The van der Waals surface area contributed by atoms with Crippen LogP contribution in [0.25, 0.3) is 0 Å². The molecular weight excluding hydrogens is 202 g/mol. The van der Waals surface area contributed by atoms with Crippen molar-refractivity contribution in [2.24, 2.45) is 0 Å². The summed E-state index contributed by atoms with van der Waals surface area (Å²) in [5.41, 5.74) is -0.714. The fourth-order valence-electron chi connectivity index (χ4n) is 0.890. The summed E-state index contributed by atoms with van der Waals surface area (Å²) in [7, 11) is 0. The van der Waals surface area contributed by atoms with Crippen molar-refractivity contribution in [1.82, 2.24) is 4.98 Å². The first-order chi connectivity index (χ1) is 6.49. The van der Waals surface area contributed by atoms with E-state index in [1.54, 1.807) is 32.2 Å². The van der Waals surface area contributed by atoms with Gasteiger partial charge in [0.05, 0.1) is 12.2 Å². The molecular formula is C10H14ClNO2. The van der Waals surface area contributed by atoms with Gasteiger partial charge in [-0.3, -0.25) is 0 Å². The van der Waals surface area contributed by atoms with Crippen molar-refractivity contribution < 1.29 is 9.84 Å². The first kappa shape index (κ1) is 11.3. The van der Waals surface area contributed by atoms with Gasteiger partial charge < -0.3 is 9.84 Å². The maximum absolute atomic E-state index is 9.44. The van der Waals surface area contributed by atoms with Crippen molar-refractivity contribution in [2.75, 3.05) is 6.61 Å². The molecule has 0 aliphatic rings. The van der Waals surface area contributed by atoms with Gasteiger partial charge in [0.1, 0.15) is 0 Å². The lowest BCUT2D eigenvalue weighted by atomic mass is 10.1. The summed E-state index contributed by atoms with van der Waals surface area (Å²) in [6.45, 7) is 3.90. The molecule has 1 N–H and O–H groups in total. The Morgan fingerprint density at radius 2 is 2.29 bits per heavy atom. The summed E-state index contributed by atoms with van der Waals surface area (Å²) in [6.07, 6.45) is 2.16. The predicted molar refractivity (Wildman–Crippen MR) is 55.7 cm³/mol. The number of hydrogen-bond acceptors (Lipinski definition) is 3. The highest BCUT2D eigenvalue weighted by molar-refractivity contribution is 6.30. The molecule has 1 aromatic heterocycles. The first-order valence-electron chi connectivity index (χ1n) is 4.45. The van der Waals surface area contributed by atoms with Crippen molar-refractivity contribution in [1.29, 1.82) is 0 Å². The van der Waals surface area contributed by atoms with Gasteiger partial charge in [-0.2, -0.15) is 0 Å². The van der Waals surface area contributed by atoms with Gasteiger partial charge in [-0.15, -0.1) is 0 Å². The Balaban J connectivity index is 2.43. The molecule has 0 aliphatic carbocycles. The number of aliphatic hydroxyl groups is 1. The van der Waals surface area contributed by atoms with Crippen LogP contribution in [0.15, 0.2) is 18.3 Å². The molecule has 1 aromatic rings. The Kier molecular flexibility index (Phi) is 3.72. The molecule has 0 aromatic carbocycles. The second-order valence-corrected chi connectivity index (χ2v) is 4.06. The van der Waals surface area contributed by atoms with Gasteiger partial charge in [0, 0.05) is 12.6 Å². The van der Waals surface area contributed by atoms with Crippen LogP contribution in [0.2, 0.25) is 5.15 Å². The SMILES string of the molecule is CC(C)(O)CCOc1cccnc1Cl. The second-order valence-electron chi connectivity index (χ2n) is 3.70. The van der Waals surface area contributed by atoms with Crippen LogP contribution in [0.4, 0.5) is 0 Å². The lowest BCUT2D eigenvalue weighted by molar-refractivity contribution is 0.0553. The third-order valence-electron chi connectivity index (χ3n) is 1.70. The minimum Gasteiger partial charge on any atom is -0.490 e. The average Bonchev–Trinajstić information content (AvgIpc) is 2.06. The summed E-state index contributed by atoms with van der Waals surface area (Å²) in [5.74, 6) is 0.554. The zero-order valence-electron chi connectivity index (χ0n) is 8.33. The Bertz CT molecular complexity index is 296. The number of aromatic nitrogens is 1. The maximum Gasteiger partial charge on any atom is 0.171 e. The van der Waals surface area contributed by atoms with E-state index in [1.807, 2.05) is 0 Å². The molecule has 3 nitrogen and oxygen atoms in total. The molecule has 0 atom stereocenters. The van der Waals surface area contributed by atoms with Crippen molar-refractivity contribution in [2.45, 2.75) is 25.9 Å². The Morgan fingerprint density at radius 1 is 1.57 bits per heavy atom. The van der Waals surface area contributed by atoms with Crippen LogP contribution in [-0.2, 0) is 0 Å². The average molecular weight is 216 g/mol. The molecule has 4 heteroatoms. The molecule has 0 unspecified atom stereocenters. The van der Waals surface area contributed by atoms with E-state index in [1.165, 1.54) is 0 Å². The van der Waals surface area contributed by atoms with Crippen molar-refractivity contribution in [3.8, 4) is 5.75 Å². The number of pyridine rings is 1. The van der Waals surface area contributed by atoms with Crippen LogP contribution in [0.1, 0.15) is 20.3 Å². The van der Waals surface area contributed by atoms with Gasteiger partial charge in [-0.05, 0) is 26.0 Å². The maximum atomic E-state index is 9.44. The van der Waals surface area contributed by atoms with Gasteiger partial charge in [-0.25, -0.2) is 4.98 Å². The van der Waals surface area contributed by atoms with E-state index in [0.29, 0.717) is 23.9 Å². The van der Waals surface area contributed by atoms with Gasteiger partial charge >= 0.3 is 0 Å². The third-order valence-corrected chi connectivity index (χ3v) is 1.98. The minimum atomic E-state index is -0.714. The van der Waals surface area contributed by atoms with E-state index in [4.69, 9.17) is 16.3 Å². The quantitative estimate of drug-likeness (QED) is 0.784.